The van der Waals surface area contributed by atoms with Crippen molar-refractivity contribution in [3.63, 3.8) is 0 Å². The van der Waals surface area contributed by atoms with Crippen LogP contribution in [0.1, 0.15) is 16.8 Å². The number of hydrogen-bond acceptors (Lipinski definition) is 4. The van der Waals surface area contributed by atoms with Crippen molar-refractivity contribution in [1.82, 2.24) is 19.4 Å². The Morgan fingerprint density at radius 2 is 1.74 bits per heavy atom. The van der Waals surface area contributed by atoms with Crippen molar-refractivity contribution in [3.05, 3.63) is 78.0 Å². The van der Waals surface area contributed by atoms with Gasteiger partial charge in [0.2, 0.25) is 0 Å². The van der Waals surface area contributed by atoms with E-state index in [1.807, 2.05) is 24.4 Å². The number of nitrogens with zero attached hydrogens (tertiary/aromatic N) is 5. The van der Waals surface area contributed by atoms with Gasteiger partial charge in [-0.05, 0) is 32.0 Å². The number of ether oxygens (including phenoxy) is 1. The van der Waals surface area contributed by atoms with E-state index in [4.69, 9.17) is 4.74 Å². The zero-order valence-electron chi connectivity index (χ0n) is 15.4. The quantitative estimate of drug-likeness (QED) is 0.492. The van der Waals surface area contributed by atoms with E-state index in [2.05, 4.69) is 64.0 Å². The minimum absolute atomic E-state index is 0.602. The summed E-state index contributed by atoms with van der Waals surface area (Å²) in [6, 6.07) is 16.5. The molecule has 27 heavy (non-hydrogen) atoms. The van der Waals surface area contributed by atoms with Gasteiger partial charge in [-0.2, -0.15) is 5.10 Å². The Labute approximate surface area is 157 Å². The van der Waals surface area contributed by atoms with E-state index in [1.165, 1.54) is 16.5 Å². The third kappa shape index (κ3) is 3.60. The molecule has 0 spiro atoms. The molecule has 0 radical (unpaired) electrons. The lowest BCUT2D eigenvalue weighted by molar-refractivity contribution is 0.299. The van der Waals surface area contributed by atoms with Gasteiger partial charge >= 0.3 is 0 Å². The first-order valence-electron chi connectivity index (χ1n) is 8.88. The molecule has 136 valence electrons. The van der Waals surface area contributed by atoms with Gasteiger partial charge in [0.15, 0.2) is 0 Å². The van der Waals surface area contributed by atoms with Crippen LogP contribution in [0.4, 0.5) is 0 Å². The molecule has 0 aliphatic rings. The van der Waals surface area contributed by atoms with Crippen molar-refractivity contribution in [2.24, 2.45) is 5.10 Å². The summed E-state index contributed by atoms with van der Waals surface area (Å²) in [6.07, 6.45) is 5.00. The third-order valence-electron chi connectivity index (χ3n) is 4.61. The molecule has 0 saturated heterocycles. The standard InChI is InChI=1S/C21H21N5O/c1-16-7-9-18(10-8-16)27-12-11-26-17(2)20(13-24-25-14-22-23-15-25)19-5-3-4-6-21(19)26/h3-10,13-15H,11-12H2,1-2H3/b24-13+. The Bertz CT molecular complexity index is 1060. The fourth-order valence-corrected chi connectivity index (χ4v) is 3.18. The molecule has 4 aromatic rings. The molecule has 0 N–H and O–H groups in total. The lowest BCUT2D eigenvalue weighted by atomic mass is 10.1. The van der Waals surface area contributed by atoms with Crippen molar-refractivity contribution in [2.75, 3.05) is 6.61 Å². The predicted octanol–water partition coefficient (Wildman–Crippen LogP) is 3.81. The first-order valence-corrected chi connectivity index (χ1v) is 8.88. The van der Waals surface area contributed by atoms with E-state index in [0.717, 1.165) is 23.6 Å². The molecule has 0 fully saturated rings. The van der Waals surface area contributed by atoms with Crippen molar-refractivity contribution < 1.29 is 4.74 Å². The molecule has 0 unspecified atom stereocenters. The fourth-order valence-electron chi connectivity index (χ4n) is 3.18. The normalized spacial score (nSPS) is 11.5. The van der Waals surface area contributed by atoms with Crippen LogP contribution in [0.2, 0.25) is 0 Å². The van der Waals surface area contributed by atoms with Crippen LogP contribution in [0.15, 0.2) is 66.3 Å². The summed E-state index contributed by atoms with van der Waals surface area (Å²) in [5.74, 6) is 0.893. The van der Waals surface area contributed by atoms with Gasteiger partial charge in [-0.25, -0.2) is 4.68 Å². The Kier molecular flexibility index (Phi) is 4.70. The van der Waals surface area contributed by atoms with Crippen LogP contribution >= 0.6 is 0 Å². The number of aromatic nitrogens is 4. The Morgan fingerprint density at radius 1 is 1.00 bits per heavy atom. The first-order chi connectivity index (χ1) is 13.2. The van der Waals surface area contributed by atoms with E-state index in [-0.39, 0.29) is 0 Å². The van der Waals surface area contributed by atoms with Crippen molar-refractivity contribution >= 4 is 17.1 Å². The molecule has 0 saturated carbocycles. The Hall–Kier alpha value is -3.41. The average molecular weight is 359 g/mol. The van der Waals surface area contributed by atoms with Crippen LogP contribution in [-0.2, 0) is 6.54 Å². The molecule has 4 rings (SSSR count). The molecule has 0 atom stereocenters. The van der Waals surface area contributed by atoms with E-state index in [9.17, 15) is 0 Å². The van der Waals surface area contributed by atoms with Gasteiger partial charge < -0.3 is 9.30 Å². The molecule has 0 aliphatic heterocycles. The molecule has 6 heteroatoms. The van der Waals surface area contributed by atoms with E-state index >= 15 is 0 Å². The average Bonchev–Trinajstić information content (AvgIpc) is 3.29. The van der Waals surface area contributed by atoms with Gasteiger partial charge in [0.05, 0.1) is 12.8 Å². The zero-order chi connectivity index (χ0) is 18.6. The Morgan fingerprint density at radius 3 is 2.52 bits per heavy atom. The summed E-state index contributed by atoms with van der Waals surface area (Å²) in [5.41, 5.74) is 4.65. The number of aryl methyl sites for hydroxylation is 1. The topological polar surface area (TPSA) is 57.2 Å². The smallest absolute Gasteiger partial charge is 0.141 e. The van der Waals surface area contributed by atoms with Crippen LogP contribution in [0.3, 0.4) is 0 Å². The fraction of sp³-hybridized carbons (Fsp3) is 0.190. The highest BCUT2D eigenvalue weighted by molar-refractivity contribution is 6.01. The summed E-state index contributed by atoms with van der Waals surface area (Å²) in [5, 5.41) is 13.1. The van der Waals surface area contributed by atoms with Crippen molar-refractivity contribution in [3.8, 4) is 5.75 Å². The van der Waals surface area contributed by atoms with E-state index < -0.39 is 0 Å². The first kappa shape index (κ1) is 17.0. The van der Waals surface area contributed by atoms with Crippen molar-refractivity contribution in [2.45, 2.75) is 20.4 Å². The summed E-state index contributed by atoms with van der Waals surface area (Å²) >= 11 is 0. The SMILES string of the molecule is Cc1ccc(OCCn2c(C)c(/C=N/n3cnnc3)c3ccccc32)cc1. The number of para-hydroxylation sites is 1. The maximum Gasteiger partial charge on any atom is 0.141 e. The van der Waals surface area contributed by atoms with Gasteiger partial charge in [0.1, 0.15) is 25.0 Å². The van der Waals surface area contributed by atoms with Crippen LogP contribution in [-0.4, -0.2) is 32.3 Å². The highest BCUT2D eigenvalue weighted by atomic mass is 16.5. The summed E-state index contributed by atoms with van der Waals surface area (Å²) in [4.78, 5) is 0. The molecule has 2 aromatic carbocycles. The third-order valence-corrected chi connectivity index (χ3v) is 4.61. The number of fused-ring (bicyclic) bond motifs is 1. The summed E-state index contributed by atoms with van der Waals surface area (Å²) in [6.45, 7) is 5.55. The second-order valence-electron chi connectivity index (χ2n) is 6.42. The molecule has 0 bridgehead atoms. The van der Waals surface area contributed by atoms with Gasteiger partial charge in [-0.15, -0.1) is 10.2 Å². The van der Waals surface area contributed by atoms with Crippen LogP contribution in [0, 0.1) is 13.8 Å². The molecule has 2 heterocycles. The summed E-state index contributed by atoms with van der Waals surface area (Å²) < 4.78 is 9.79. The largest absolute Gasteiger partial charge is 0.492 e. The second-order valence-corrected chi connectivity index (χ2v) is 6.42. The van der Waals surface area contributed by atoms with Crippen LogP contribution in [0.25, 0.3) is 10.9 Å². The second kappa shape index (κ2) is 7.45. The highest BCUT2D eigenvalue weighted by Crippen LogP contribution is 2.24. The molecule has 0 aliphatic carbocycles. The number of benzene rings is 2. The van der Waals surface area contributed by atoms with E-state index in [1.54, 1.807) is 17.3 Å². The Balaban J connectivity index is 1.58. The van der Waals surface area contributed by atoms with Gasteiger partial charge in [0.25, 0.3) is 0 Å². The lowest BCUT2D eigenvalue weighted by Gasteiger charge is -2.10. The molecular weight excluding hydrogens is 338 g/mol. The van der Waals surface area contributed by atoms with Gasteiger partial charge in [0, 0.05) is 22.2 Å². The molecular formula is C21H21N5O. The molecule has 0 amide bonds. The maximum atomic E-state index is 5.92. The molecule has 2 aromatic heterocycles. The zero-order valence-corrected chi connectivity index (χ0v) is 15.4. The van der Waals surface area contributed by atoms with Crippen LogP contribution < -0.4 is 4.74 Å². The van der Waals surface area contributed by atoms with E-state index in [0.29, 0.717) is 6.61 Å². The maximum absolute atomic E-state index is 5.92. The minimum atomic E-state index is 0.602. The van der Waals surface area contributed by atoms with Crippen molar-refractivity contribution in [1.29, 1.82) is 0 Å². The van der Waals surface area contributed by atoms with Gasteiger partial charge in [-0.1, -0.05) is 35.9 Å². The monoisotopic (exact) mass is 359 g/mol. The number of hydrogen-bond donors (Lipinski definition) is 0. The number of rotatable bonds is 6. The minimum Gasteiger partial charge on any atom is -0.492 e. The lowest BCUT2D eigenvalue weighted by Crippen LogP contribution is -2.09. The van der Waals surface area contributed by atoms with Crippen LogP contribution in [0.5, 0.6) is 5.75 Å². The summed E-state index contributed by atoms with van der Waals surface area (Å²) in [7, 11) is 0. The predicted molar refractivity (Wildman–Crippen MR) is 106 cm³/mol. The van der Waals surface area contributed by atoms with Gasteiger partial charge in [-0.3, -0.25) is 0 Å². The molecule has 6 nitrogen and oxygen atoms in total. The highest BCUT2D eigenvalue weighted by Gasteiger charge is 2.12.